The van der Waals surface area contributed by atoms with Crippen LogP contribution < -0.4 is 10.5 Å². The highest BCUT2D eigenvalue weighted by molar-refractivity contribution is 6.31. The van der Waals surface area contributed by atoms with Gasteiger partial charge in [-0.05, 0) is 42.2 Å². The minimum Gasteiger partial charge on any atom is -0.487 e. The van der Waals surface area contributed by atoms with Crippen molar-refractivity contribution in [2.45, 2.75) is 33.3 Å². The second-order valence-electron chi connectivity index (χ2n) is 5.15. The zero-order chi connectivity index (χ0) is 14.7. The van der Waals surface area contributed by atoms with Gasteiger partial charge >= 0.3 is 0 Å². The molecular weight excluding hydrogens is 272 g/mol. The quantitative estimate of drug-likeness (QED) is 0.912. The third-order valence-electron chi connectivity index (χ3n) is 3.10. The third kappa shape index (κ3) is 3.42. The molecular formula is C16H19ClN2O. The van der Waals surface area contributed by atoms with Gasteiger partial charge in [0.05, 0.1) is 10.7 Å². The van der Waals surface area contributed by atoms with Crippen molar-refractivity contribution in [2.24, 2.45) is 0 Å². The van der Waals surface area contributed by atoms with E-state index in [1.165, 1.54) is 5.56 Å². The number of hydrogen-bond donors (Lipinski definition) is 1. The summed E-state index contributed by atoms with van der Waals surface area (Å²) in [6, 6.07) is 9.65. The zero-order valence-electron chi connectivity index (χ0n) is 12.0. The third-order valence-corrected chi connectivity index (χ3v) is 3.44. The maximum Gasteiger partial charge on any atom is 0.132 e. The number of nitrogens with two attached hydrogens (primary N) is 1. The molecule has 0 saturated carbocycles. The molecule has 1 aromatic carbocycles. The first-order valence-corrected chi connectivity index (χ1v) is 6.99. The molecule has 1 aromatic heterocycles. The molecule has 0 saturated heterocycles. The van der Waals surface area contributed by atoms with Crippen LogP contribution in [0.3, 0.4) is 0 Å². The van der Waals surface area contributed by atoms with Crippen LogP contribution in [0.15, 0.2) is 30.3 Å². The van der Waals surface area contributed by atoms with E-state index in [0.717, 1.165) is 11.3 Å². The minimum atomic E-state index is 0.313. The van der Waals surface area contributed by atoms with Crippen molar-refractivity contribution in [2.75, 3.05) is 5.73 Å². The molecule has 2 aromatic rings. The van der Waals surface area contributed by atoms with Gasteiger partial charge in [0, 0.05) is 0 Å². The van der Waals surface area contributed by atoms with E-state index in [1.807, 2.05) is 13.0 Å². The van der Waals surface area contributed by atoms with Crippen molar-refractivity contribution in [1.29, 1.82) is 0 Å². The van der Waals surface area contributed by atoms with Gasteiger partial charge in [0.2, 0.25) is 0 Å². The molecule has 20 heavy (non-hydrogen) atoms. The average Bonchev–Trinajstić information content (AvgIpc) is 2.39. The van der Waals surface area contributed by atoms with E-state index in [1.54, 1.807) is 12.1 Å². The number of aryl methyl sites for hydroxylation is 1. The summed E-state index contributed by atoms with van der Waals surface area (Å²) in [5.41, 5.74) is 8.67. The summed E-state index contributed by atoms with van der Waals surface area (Å²) in [6.45, 7) is 6.64. The van der Waals surface area contributed by atoms with Crippen molar-refractivity contribution in [3.63, 3.8) is 0 Å². The normalized spacial score (nSPS) is 10.8. The summed E-state index contributed by atoms with van der Waals surface area (Å²) in [6.07, 6.45) is 0. The fourth-order valence-electron chi connectivity index (χ4n) is 1.99. The number of aromatic nitrogens is 1. The number of nitrogen functional groups attached to an aromatic ring is 1. The Hall–Kier alpha value is -1.74. The molecule has 0 amide bonds. The molecule has 4 heteroatoms. The van der Waals surface area contributed by atoms with Gasteiger partial charge in [0.15, 0.2) is 0 Å². The molecule has 0 radical (unpaired) electrons. The molecule has 2 N–H and O–H groups in total. The topological polar surface area (TPSA) is 48.1 Å². The van der Waals surface area contributed by atoms with Gasteiger partial charge in [-0.15, -0.1) is 0 Å². The van der Waals surface area contributed by atoms with Gasteiger partial charge in [-0.25, -0.2) is 4.98 Å². The molecule has 0 aliphatic rings. The number of benzene rings is 1. The number of rotatable bonds is 4. The highest BCUT2D eigenvalue weighted by atomic mass is 35.5. The summed E-state index contributed by atoms with van der Waals surface area (Å²) in [4.78, 5) is 4.21. The van der Waals surface area contributed by atoms with Crippen LogP contribution in [0.2, 0.25) is 5.02 Å². The molecule has 0 unspecified atom stereocenters. The van der Waals surface area contributed by atoms with E-state index in [9.17, 15) is 0 Å². The maximum absolute atomic E-state index is 6.10. The van der Waals surface area contributed by atoms with Crippen molar-refractivity contribution < 1.29 is 4.74 Å². The van der Waals surface area contributed by atoms with Gasteiger partial charge in [0.1, 0.15) is 18.2 Å². The summed E-state index contributed by atoms with van der Waals surface area (Å²) in [7, 11) is 0. The van der Waals surface area contributed by atoms with Gasteiger partial charge in [-0.2, -0.15) is 0 Å². The van der Waals surface area contributed by atoms with E-state index in [4.69, 9.17) is 22.1 Å². The van der Waals surface area contributed by atoms with Gasteiger partial charge in [-0.1, -0.05) is 37.6 Å². The van der Waals surface area contributed by atoms with Crippen molar-refractivity contribution >= 4 is 17.4 Å². The molecule has 1 heterocycles. The Bertz CT molecular complexity index is 611. The van der Waals surface area contributed by atoms with Gasteiger partial charge < -0.3 is 10.5 Å². The van der Waals surface area contributed by atoms with Crippen molar-refractivity contribution in [3.05, 3.63) is 52.2 Å². The summed E-state index contributed by atoms with van der Waals surface area (Å²) in [5, 5.41) is 0.568. The zero-order valence-corrected chi connectivity index (χ0v) is 12.7. The number of pyridine rings is 1. The van der Waals surface area contributed by atoms with Crippen LogP contribution in [0.1, 0.15) is 36.6 Å². The summed E-state index contributed by atoms with van der Waals surface area (Å²) in [5.74, 6) is 1.72. The first-order chi connectivity index (χ1) is 9.47. The standard InChI is InChI=1S/C16H19ClN2O/c1-10(2)12-5-4-11(3)8-15(12)20-9-14-13(17)6-7-16(18)19-14/h4-8,10H,9H2,1-3H3,(H2,18,19). The number of anilines is 1. The molecule has 0 atom stereocenters. The van der Waals surface area contributed by atoms with Crippen molar-refractivity contribution in [3.8, 4) is 5.75 Å². The largest absolute Gasteiger partial charge is 0.487 e. The first-order valence-electron chi connectivity index (χ1n) is 6.61. The van der Waals surface area contributed by atoms with Crippen LogP contribution in [0, 0.1) is 6.92 Å². The van der Waals surface area contributed by atoms with Crippen LogP contribution in [0.5, 0.6) is 5.75 Å². The predicted octanol–water partition coefficient (Wildman–Crippen LogP) is 4.33. The van der Waals surface area contributed by atoms with Gasteiger partial charge in [-0.3, -0.25) is 0 Å². The molecule has 3 nitrogen and oxygen atoms in total. The first kappa shape index (κ1) is 14.7. The molecule has 106 valence electrons. The summed E-state index contributed by atoms with van der Waals surface area (Å²) < 4.78 is 5.90. The van der Waals surface area contributed by atoms with E-state index >= 15 is 0 Å². The van der Waals surface area contributed by atoms with Crippen LogP contribution in [0.4, 0.5) is 5.82 Å². The van der Waals surface area contributed by atoms with Crippen LogP contribution in [-0.4, -0.2) is 4.98 Å². The Kier molecular flexibility index (Phi) is 4.50. The number of nitrogens with zero attached hydrogens (tertiary/aromatic N) is 1. The lowest BCUT2D eigenvalue weighted by Crippen LogP contribution is -2.04. The molecule has 0 aliphatic carbocycles. The molecule has 0 bridgehead atoms. The van der Waals surface area contributed by atoms with Gasteiger partial charge in [0.25, 0.3) is 0 Å². The molecule has 0 aliphatic heterocycles. The number of hydrogen-bond acceptors (Lipinski definition) is 3. The van der Waals surface area contributed by atoms with Crippen LogP contribution >= 0.6 is 11.6 Å². The second-order valence-corrected chi connectivity index (χ2v) is 5.56. The molecule has 0 fully saturated rings. The van der Waals surface area contributed by atoms with Crippen molar-refractivity contribution in [1.82, 2.24) is 4.98 Å². The smallest absolute Gasteiger partial charge is 0.132 e. The lowest BCUT2D eigenvalue weighted by molar-refractivity contribution is 0.297. The maximum atomic E-state index is 6.10. The van der Waals surface area contributed by atoms with E-state index < -0.39 is 0 Å². The highest BCUT2D eigenvalue weighted by Crippen LogP contribution is 2.28. The Morgan fingerprint density at radius 2 is 2.00 bits per heavy atom. The lowest BCUT2D eigenvalue weighted by Gasteiger charge is -2.15. The summed E-state index contributed by atoms with van der Waals surface area (Å²) >= 11 is 6.10. The van der Waals surface area contributed by atoms with E-state index in [0.29, 0.717) is 29.1 Å². The second kappa shape index (κ2) is 6.14. The Labute approximate surface area is 124 Å². The Balaban J connectivity index is 2.22. The fraction of sp³-hybridized carbons (Fsp3) is 0.312. The molecule has 2 rings (SSSR count). The van der Waals surface area contributed by atoms with Crippen LogP contribution in [0.25, 0.3) is 0 Å². The Morgan fingerprint density at radius 3 is 2.70 bits per heavy atom. The van der Waals surface area contributed by atoms with E-state index in [2.05, 4.69) is 31.0 Å². The predicted molar refractivity (Wildman–Crippen MR) is 83.3 cm³/mol. The average molecular weight is 291 g/mol. The Morgan fingerprint density at radius 1 is 1.25 bits per heavy atom. The monoisotopic (exact) mass is 290 g/mol. The highest BCUT2D eigenvalue weighted by Gasteiger charge is 2.10. The minimum absolute atomic E-state index is 0.313. The fourth-order valence-corrected chi connectivity index (χ4v) is 2.15. The van der Waals surface area contributed by atoms with Crippen LogP contribution in [-0.2, 0) is 6.61 Å². The lowest BCUT2D eigenvalue weighted by atomic mass is 10.0. The number of ether oxygens (including phenoxy) is 1. The SMILES string of the molecule is Cc1ccc(C(C)C)c(OCc2nc(N)ccc2Cl)c1. The van der Waals surface area contributed by atoms with E-state index in [-0.39, 0.29) is 0 Å². The molecule has 0 spiro atoms. The number of halogens is 1.